The minimum atomic E-state index is -4.17. The van der Waals surface area contributed by atoms with Gasteiger partial charge in [-0.3, -0.25) is 9.10 Å². The van der Waals surface area contributed by atoms with Gasteiger partial charge in [0, 0.05) is 11.6 Å². The van der Waals surface area contributed by atoms with Crippen LogP contribution in [0.2, 0.25) is 0 Å². The van der Waals surface area contributed by atoms with E-state index in [4.69, 9.17) is 9.47 Å². The first-order valence-corrected chi connectivity index (χ1v) is 12.0. The molecule has 0 radical (unpaired) electrons. The van der Waals surface area contributed by atoms with E-state index in [1.54, 1.807) is 49.4 Å². The molecule has 0 spiro atoms. The third-order valence-corrected chi connectivity index (χ3v) is 6.96. The molecule has 3 aromatic carbocycles. The highest BCUT2D eigenvalue weighted by molar-refractivity contribution is 7.92. The van der Waals surface area contributed by atoms with Gasteiger partial charge in [-0.2, -0.15) is 5.10 Å². The third kappa shape index (κ3) is 5.90. The van der Waals surface area contributed by atoms with E-state index in [0.717, 1.165) is 9.87 Å². The van der Waals surface area contributed by atoms with Gasteiger partial charge in [0.25, 0.3) is 15.9 Å². The summed E-state index contributed by atoms with van der Waals surface area (Å²) in [6.07, 6.45) is 0. The number of aryl methyl sites for hydroxylation is 1. The Labute approximate surface area is 204 Å². The summed E-state index contributed by atoms with van der Waals surface area (Å²) in [6, 6.07) is 17.5. The molecule has 0 unspecified atom stereocenters. The predicted octanol–water partition coefficient (Wildman–Crippen LogP) is 3.45. The number of benzene rings is 3. The second kappa shape index (κ2) is 10.9. The number of carbonyl (C=O) groups excluding carboxylic acids is 1. The molecular weight excluding hydrogens is 470 g/mol. The summed E-state index contributed by atoms with van der Waals surface area (Å²) in [6.45, 7) is 2.96. The van der Waals surface area contributed by atoms with Crippen molar-refractivity contribution in [2.75, 3.05) is 25.1 Å². The van der Waals surface area contributed by atoms with Crippen molar-refractivity contribution in [1.82, 2.24) is 5.43 Å². The van der Waals surface area contributed by atoms with E-state index in [1.165, 1.54) is 38.5 Å². The number of hydrogen-bond acceptors (Lipinski definition) is 7. The molecule has 2 N–H and O–H groups in total. The van der Waals surface area contributed by atoms with Gasteiger partial charge in [-0.05, 0) is 50.2 Å². The number of carbonyl (C=O) groups is 1. The van der Waals surface area contributed by atoms with Gasteiger partial charge in [0.2, 0.25) is 0 Å². The molecule has 3 aromatic rings. The first kappa shape index (κ1) is 25.6. The Hall–Kier alpha value is -4.05. The molecule has 0 fully saturated rings. The maximum atomic E-state index is 13.6. The van der Waals surface area contributed by atoms with E-state index in [0.29, 0.717) is 22.7 Å². The minimum absolute atomic E-state index is 0.0142. The van der Waals surface area contributed by atoms with Crippen LogP contribution in [0, 0.1) is 6.92 Å². The van der Waals surface area contributed by atoms with Gasteiger partial charge in [0.1, 0.15) is 12.3 Å². The van der Waals surface area contributed by atoms with Crippen LogP contribution in [0.1, 0.15) is 18.1 Å². The molecule has 0 aliphatic carbocycles. The molecule has 35 heavy (non-hydrogen) atoms. The lowest BCUT2D eigenvalue weighted by Gasteiger charge is -2.24. The molecule has 1 amide bonds. The number of methoxy groups -OCH3 is 2. The van der Waals surface area contributed by atoms with Crippen molar-refractivity contribution in [1.29, 1.82) is 0 Å². The maximum absolute atomic E-state index is 13.6. The second-order valence-corrected chi connectivity index (χ2v) is 9.48. The number of nitrogens with one attached hydrogen (secondary N) is 1. The molecule has 0 heterocycles. The Morgan fingerprint density at radius 2 is 1.66 bits per heavy atom. The maximum Gasteiger partial charge on any atom is 0.264 e. The molecular formula is C25H27N3O6S. The van der Waals surface area contributed by atoms with Gasteiger partial charge in [-0.1, -0.05) is 29.8 Å². The molecule has 184 valence electrons. The Morgan fingerprint density at radius 1 is 1.00 bits per heavy atom. The topological polar surface area (TPSA) is 118 Å². The molecule has 0 bridgehead atoms. The van der Waals surface area contributed by atoms with E-state index in [9.17, 15) is 18.3 Å². The average molecular weight is 498 g/mol. The summed E-state index contributed by atoms with van der Waals surface area (Å²) in [4.78, 5) is 12.7. The number of anilines is 1. The van der Waals surface area contributed by atoms with Crippen LogP contribution < -0.4 is 19.2 Å². The number of hydrazone groups is 1. The molecule has 0 saturated carbocycles. The normalized spacial score (nSPS) is 11.6. The van der Waals surface area contributed by atoms with Crippen molar-refractivity contribution < 1.29 is 27.8 Å². The van der Waals surface area contributed by atoms with Gasteiger partial charge >= 0.3 is 0 Å². The van der Waals surface area contributed by atoms with Crippen LogP contribution >= 0.6 is 0 Å². The summed E-state index contributed by atoms with van der Waals surface area (Å²) in [7, 11) is -1.31. The number of phenols is 1. The van der Waals surface area contributed by atoms with Crippen molar-refractivity contribution in [3.05, 3.63) is 77.9 Å². The molecule has 9 nitrogen and oxygen atoms in total. The number of para-hydroxylation sites is 1. The van der Waals surface area contributed by atoms with Gasteiger partial charge in [-0.25, -0.2) is 13.8 Å². The zero-order chi connectivity index (χ0) is 25.6. The fourth-order valence-corrected chi connectivity index (χ4v) is 4.72. The van der Waals surface area contributed by atoms with Crippen molar-refractivity contribution in [3.63, 3.8) is 0 Å². The molecule has 0 aliphatic rings. The summed E-state index contributed by atoms with van der Waals surface area (Å²) in [5, 5.41) is 14.0. The van der Waals surface area contributed by atoms with Crippen LogP contribution in [-0.2, 0) is 14.8 Å². The Balaban J connectivity index is 1.93. The number of sulfonamides is 1. The van der Waals surface area contributed by atoms with Crippen LogP contribution in [0.15, 0.2) is 76.7 Å². The monoisotopic (exact) mass is 497 g/mol. The first-order valence-electron chi connectivity index (χ1n) is 10.6. The van der Waals surface area contributed by atoms with Crippen LogP contribution in [0.3, 0.4) is 0 Å². The largest absolute Gasteiger partial charge is 0.507 e. The lowest BCUT2D eigenvalue weighted by atomic mass is 10.1. The van der Waals surface area contributed by atoms with E-state index >= 15 is 0 Å². The lowest BCUT2D eigenvalue weighted by molar-refractivity contribution is -0.119. The van der Waals surface area contributed by atoms with Crippen LogP contribution in [-0.4, -0.2) is 45.9 Å². The Bertz CT molecular complexity index is 1340. The fraction of sp³-hybridized carbons (Fsp3) is 0.200. The number of amides is 1. The lowest BCUT2D eigenvalue weighted by Crippen LogP contribution is -2.39. The van der Waals surface area contributed by atoms with E-state index < -0.39 is 22.5 Å². The van der Waals surface area contributed by atoms with Gasteiger partial charge in [0.15, 0.2) is 11.5 Å². The number of rotatable bonds is 9. The summed E-state index contributed by atoms with van der Waals surface area (Å²) >= 11 is 0. The minimum Gasteiger partial charge on any atom is -0.507 e. The number of nitrogens with zero attached hydrogens (tertiary/aromatic N) is 2. The second-order valence-electron chi connectivity index (χ2n) is 7.61. The van der Waals surface area contributed by atoms with Crippen LogP contribution in [0.5, 0.6) is 17.2 Å². The van der Waals surface area contributed by atoms with Crippen molar-refractivity contribution in [2.24, 2.45) is 5.10 Å². The Kier molecular flexibility index (Phi) is 7.98. The van der Waals surface area contributed by atoms with E-state index in [1.807, 2.05) is 6.92 Å². The highest BCUT2D eigenvalue weighted by Gasteiger charge is 2.28. The van der Waals surface area contributed by atoms with Crippen molar-refractivity contribution in [2.45, 2.75) is 18.7 Å². The molecule has 3 rings (SSSR count). The zero-order valence-corrected chi connectivity index (χ0v) is 20.7. The van der Waals surface area contributed by atoms with Crippen LogP contribution in [0.25, 0.3) is 0 Å². The molecule has 0 saturated heterocycles. The first-order chi connectivity index (χ1) is 16.7. The number of aromatic hydroxyl groups is 1. The SMILES string of the molecule is COc1ccc(S(=O)(=O)N(CC(=O)N/N=C(\C)c2ccccc2O)c2ccc(C)cc2)cc1OC. The number of phenolic OH excluding ortho intramolecular Hbond substituents is 1. The van der Waals surface area contributed by atoms with E-state index in [-0.39, 0.29) is 16.4 Å². The highest BCUT2D eigenvalue weighted by Crippen LogP contribution is 2.32. The molecule has 0 aliphatic heterocycles. The third-order valence-electron chi connectivity index (χ3n) is 5.19. The average Bonchev–Trinajstić information content (AvgIpc) is 2.86. The Morgan fingerprint density at radius 3 is 2.29 bits per heavy atom. The zero-order valence-electron chi connectivity index (χ0n) is 19.8. The molecule has 10 heteroatoms. The van der Waals surface area contributed by atoms with Gasteiger partial charge in [0.05, 0.1) is 30.5 Å². The van der Waals surface area contributed by atoms with Gasteiger partial charge in [-0.15, -0.1) is 0 Å². The quantitative estimate of drug-likeness (QED) is 0.345. The molecule has 0 aromatic heterocycles. The fourth-order valence-electron chi connectivity index (χ4n) is 3.28. The summed E-state index contributed by atoms with van der Waals surface area (Å²) in [5.41, 5.74) is 4.42. The number of ether oxygens (including phenoxy) is 2. The summed E-state index contributed by atoms with van der Waals surface area (Å²) < 4.78 is 38.6. The molecule has 0 atom stereocenters. The predicted molar refractivity (Wildman–Crippen MR) is 134 cm³/mol. The van der Waals surface area contributed by atoms with Crippen LogP contribution in [0.4, 0.5) is 5.69 Å². The van der Waals surface area contributed by atoms with E-state index in [2.05, 4.69) is 10.5 Å². The van der Waals surface area contributed by atoms with Crippen molar-refractivity contribution in [3.8, 4) is 17.2 Å². The van der Waals surface area contributed by atoms with Gasteiger partial charge < -0.3 is 14.6 Å². The number of hydrogen-bond donors (Lipinski definition) is 2. The highest BCUT2D eigenvalue weighted by atomic mass is 32.2. The summed E-state index contributed by atoms with van der Waals surface area (Å²) in [5.74, 6) is -0.0328. The standard InChI is InChI=1S/C25H27N3O6S/c1-17-9-11-19(12-10-17)28(35(31,32)20-13-14-23(33-3)24(15-20)34-4)16-25(30)27-26-18(2)21-7-5-6-8-22(21)29/h5-15,29H,16H2,1-4H3,(H,27,30)/b26-18+. The smallest absolute Gasteiger partial charge is 0.264 e. The van der Waals surface area contributed by atoms with Crippen molar-refractivity contribution >= 4 is 27.3 Å².